The Labute approximate surface area is 341 Å². The van der Waals surface area contributed by atoms with Crippen molar-refractivity contribution in [1.29, 1.82) is 0 Å². The number of hydrogen-bond acceptors (Lipinski definition) is 9. The van der Waals surface area contributed by atoms with E-state index in [1.54, 1.807) is 34.3 Å². The van der Waals surface area contributed by atoms with E-state index in [0.717, 1.165) is 49.4 Å². The van der Waals surface area contributed by atoms with Crippen molar-refractivity contribution in [2.75, 3.05) is 19.6 Å². The third-order valence-corrected chi connectivity index (χ3v) is 11.6. The van der Waals surface area contributed by atoms with Gasteiger partial charge in [-0.15, -0.1) is 0 Å². The van der Waals surface area contributed by atoms with E-state index in [-0.39, 0.29) is 41.7 Å². The van der Waals surface area contributed by atoms with Gasteiger partial charge >= 0.3 is 11.8 Å². The van der Waals surface area contributed by atoms with E-state index in [4.69, 9.17) is 14.5 Å². The molecular weight excluding hydrogens is 765 g/mol. The number of hydrogen-bond donors (Lipinski definition) is 3. The number of H-pyrrole nitrogens is 1. The summed E-state index contributed by atoms with van der Waals surface area (Å²) in [7, 11) is 0. The number of amides is 2. The highest BCUT2D eigenvalue weighted by Gasteiger charge is 2.31. The van der Waals surface area contributed by atoms with Crippen molar-refractivity contribution < 1.29 is 29.3 Å². The maximum Gasteiger partial charge on any atom is 0.415 e. The zero-order chi connectivity index (χ0) is 41.4. The molecule has 1 atom stereocenters. The van der Waals surface area contributed by atoms with Crippen LogP contribution in [0.1, 0.15) is 43.4 Å². The van der Waals surface area contributed by atoms with Gasteiger partial charge in [0.05, 0.1) is 34.1 Å². The molecule has 3 aromatic carbocycles. The minimum absolute atomic E-state index is 0.0360. The number of phenolic OH excluding ortho intramolecular Hbond substituents is 2. The van der Waals surface area contributed by atoms with Crippen LogP contribution < -0.4 is 10.4 Å². The van der Waals surface area contributed by atoms with E-state index < -0.39 is 11.8 Å². The van der Waals surface area contributed by atoms with Gasteiger partial charge in [0.15, 0.2) is 5.82 Å². The van der Waals surface area contributed by atoms with Gasteiger partial charge < -0.3 is 38.5 Å². The molecule has 15 heteroatoms. The molecule has 7 heterocycles. The van der Waals surface area contributed by atoms with Crippen molar-refractivity contribution in [2.45, 2.75) is 45.9 Å². The standard InChI is InChI=1S/C45H40N8O7/c1-25(2)34-18-35(40(55)19-39(34)54)43-47-48-44(57)53(43)32-4-7-37-28(15-32)8-10-49(37)23-41(56)50-11-12-52(26(3)20-50)45(58)60-33-5-6-36-29(16-33)14-30-21-51-22-31-24-59-13-9-27(31)17-38(51)42(30)46-36/h4-10,13-19,21-22,25-26,54-55H,11-12,20,23-24H2,1-3H3,(H,48,57). The molecule has 5 aromatic heterocycles. The first-order chi connectivity index (χ1) is 29.0. The zero-order valence-corrected chi connectivity index (χ0v) is 33.0. The van der Waals surface area contributed by atoms with Crippen LogP contribution in [0.2, 0.25) is 0 Å². The van der Waals surface area contributed by atoms with Crippen LogP contribution in [0.15, 0.2) is 96.4 Å². The summed E-state index contributed by atoms with van der Waals surface area (Å²) in [5.74, 6) is 0.231. The van der Waals surface area contributed by atoms with Crippen LogP contribution in [-0.4, -0.2) is 86.4 Å². The van der Waals surface area contributed by atoms with E-state index in [9.17, 15) is 24.6 Å². The fourth-order valence-electron chi connectivity index (χ4n) is 8.42. The van der Waals surface area contributed by atoms with Gasteiger partial charge in [-0.05, 0) is 90.7 Å². The Morgan fingerprint density at radius 3 is 2.65 bits per heavy atom. The molecule has 15 nitrogen and oxygen atoms in total. The molecule has 1 fully saturated rings. The van der Waals surface area contributed by atoms with Gasteiger partial charge in [0.2, 0.25) is 5.91 Å². The second-order valence-electron chi connectivity index (χ2n) is 15.8. The summed E-state index contributed by atoms with van der Waals surface area (Å²) in [5, 5.41) is 30.4. The molecule has 0 radical (unpaired) electrons. The van der Waals surface area contributed by atoms with E-state index >= 15 is 0 Å². The van der Waals surface area contributed by atoms with Crippen molar-refractivity contribution in [1.82, 2.24) is 38.5 Å². The van der Waals surface area contributed by atoms with E-state index in [2.05, 4.69) is 32.9 Å². The normalized spacial score (nSPS) is 15.4. The molecule has 2 aliphatic heterocycles. The zero-order valence-electron chi connectivity index (χ0n) is 33.0. The maximum atomic E-state index is 13.7. The van der Waals surface area contributed by atoms with Crippen molar-refractivity contribution >= 4 is 56.3 Å². The first-order valence-corrected chi connectivity index (χ1v) is 19.7. The Hall–Kier alpha value is -7.55. The van der Waals surface area contributed by atoms with Crippen molar-refractivity contribution in [3.8, 4) is 34.3 Å². The van der Waals surface area contributed by atoms with Crippen LogP contribution in [0.25, 0.3) is 61.4 Å². The summed E-state index contributed by atoms with van der Waals surface area (Å²) in [6.45, 7) is 7.36. The summed E-state index contributed by atoms with van der Waals surface area (Å²) in [6.07, 6.45) is 9.13. The lowest BCUT2D eigenvalue weighted by molar-refractivity contribution is -0.134. The molecule has 0 aliphatic carbocycles. The number of ether oxygens (including phenoxy) is 2. The van der Waals surface area contributed by atoms with Gasteiger partial charge in [0, 0.05) is 77.6 Å². The number of fused-ring (bicyclic) bond motifs is 6. The lowest BCUT2D eigenvalue weighted by Gasteiger charge is -2.39. The molecule has 3 N–H and O–H groups in total. The number of nitrogens with zero attached hydrogens (tertiary/aromatic N) is 7. The highest BCUT2D eigenvalue weighted by molar-refractivity contribution is 6.01. The molecule has 0 spiro atoms. The van der Waals surface area contributed by atoms with Crippen LogP contribution in [-0.2, 0) is 22.7 Å². The number of aromatic amines is 1. The van der Waals surface area contributed by atoms with Gasteiger partial charge in [-0.25, -0.2) is 24.2 Å². The molecule has 1 unspecified atom stereocenters. The number of pyridine rings is 2. The minimum atomic E-state index is -0.496. The van der Waals surface area contributed by atoms with Gasteiger partial charge in [-0.3, -0.25) is 4.79 Å². The van der Waals surface area contributed by atoms with Gasteiger partial charge in [0.25, 0.3) is 0 Å². The molecule has 2 amide bonds. The smallest absolute Gasteiger partial charge is 0.415 e. The predicted molar refractivity (Wildman–Crippen MR) is 225 cm³/mol. The van der Waals surface area contributed by atoms with Crippen LogP contribution in [0.4, 0.5) is 4.79 Å². The summed E-state index contributed by atoms with van der Waals surface area (Å²) in [5.41, 5.74) is 6.61. The highest BCUT2D eigenvalue weighted by atomic mass is 16.6. The maximum absolute atomic E-state index is 13.7. The van der Waals surface area contributed by atoms with E-state index in [1.165, 1.54) is 10.6 Å². The topological polar surface area (TPSA) is 172 Å². The number of phenols is 2. The number of nitrogens with one attached hydrogen (secondary N) is 1. The summed E-state index contributed by atoms with van der Waals surface area (Å²) >= 11 is 0. The van der Waals surface area contributed by atoms with Crippen LogP contribution in [0.3, 0.4) is 0 Å². The van der Waals surface area contributed by atoms with Crippen molar-refractivity contribution in [3.05, 3.63) is 119 Å². The highest BCUT2D eigenvalue weighted by Crippen LogP contribution is 2.38. The Morgan fingerprint density at radius 1 is 0.950 bits per heavy atom. The monoisotopic (exact) mass is 804 g/mol. The number of aromatic hydroxyl groups is 2. The fraction of sp³-hybridized carbons (Fsp3) is 0.222. The van der Waals surface area contributed by atoms with Crippen LogP contribution in [0.5, 0.6) is 17.2 Å². The Bertz CT molecular complexity index is 3150. The molecular formula is C45H40N8O7. The third kappa shape index (κ3) is 6.25. The quantitative estimate of drug-likeness (QED) is 0.162. The number of benzene rings is 3. The van der Waals surface area contributed by atoms with Crippen LogP contribution >= 0.6 is 0 Å². The number of rotatable bonds is 6. The summed E-state index contributed by atoms with van der Waals surface area (Å²) in [4.78, 5) is 48.5. The van der Waals surface area contributed by atoms with E-state index in [1.807, 2.05) is 74.1 Å². The average molecular weight is 805 g/mol. The number of carbonyl (C=O) groups is 2. The number of aromatic nitrogens is 6. The summed E-state index contributed by atoms with van der Waals surface area (Å²) < 4.78 is 16.6. The largest absolute Gasteiger partial charge is 0.508 e. The number of piperazine rings is 1. The number of carbonyl (C=O) groups excluding carboxylic acids is 2. The first-order valence-electron chi connectivity index (χ1n) is 19.7. The Kier molecular flexibility index (Phi) is 8.63. The molecule has 60 heavy (non-hydrogen) atoms. The lowest BCUT2D eigenvalue weighted by Crippen LogP contribution is -2.56. The average Bonchev–Trinajstić information content (AvgIpc) is 3.92. The molecule has 302 valence electrons. The Morgan fingerprint density at radius 2 is 1.82 bits per heavy atom. The molecule has 8 aromatic rings. The first kappa shape index (κ1) is 36.8. The van der Waals surface area contributed by atoms with Gasteiger partial charge in [0.1, 0.15) is 30.4 Å². The minimum Gasteiger partial charge on any atom is -0.508 e. The predicted octanol–water partition coefficient (Wildman–Crippen LogP) is 6.90. The van der Waals surface area contributed by atoms with E-state index in [0.29, 0.717) is 48.8 Å². The third-order valence-electron chi connectivity index (χ3n) is 11.6. The van der Waals surface area contributed by atoms with Crippen LogP contribution in [0, 0.1) is 0 Å². The SMILES string of the molecule is CC(C)c1cc(-c2n[nH]c(=O)n2-c2ccc3c(ccn3CC(=O)N3CCN(C(=O)Oc4ccc5nc6c(cc5c4)cn4cc5c(cc64)C=COC5)C(C)C3)c2)c(O)cc1O. The van der Waals surface area contributed by atoms with Gasteiger partial charge in [-0.2, -0.15) is 5.10 Å². The van der Waals surface area contributed by atoms with Crippen molar-refractivity contribution in [2.24, 2.45) is 0 Å². The second-order valence-corrected chi connectivity index (χ2v) is 15.8. The molecule has 0 bridgehead atoms. The van der Waals surface area contributed by atoms with Crippen molar-refractivity contribution in [3.63, 3.8) is 0 Å². The molecule has 1 saturated heterocycles. The molecule has 0 saturated carbocycles. The second kappa shape index (κ2) is 14.1. The Balaban J connectivity index is 0.809. The summed E-state index contributed by atoms with van der Waals surface area (Å²) in [6, 6.07) is 19.5. The molecule has 10 rings (SSSR count). The molecule has 2 aliphatic rings. The van der Waals surface area contributed by atoms with Gasteiger partial charge in [-0.1, -0.05) is 13.8 Å². The fourth-order valence-corrected chi connectivity index (χ4v) is 8.42. The lowest BCUT2D eigenvalue weighted by atomic mass is 9.98.